The van der Waals surface area contributed by atoms with E-state index in [1.54, 1.807) is 31.4 Å². The van der Waals surface area contributed by atoms with Crippen LogP contribution in [0.25, 0.3) is 0 Å². The van der Waals surface area contributed by atoms with Crippen molar-refractivity contribution in [3.63, 3.8) is 0 Å². The number of methoxy groups -OCH3 is 1. The molecule has 1 fully saturated rings. The maximum atomic E-state index is 12.4. The molecule has 0 saturated carbocycles. The summed E-state index contributed by atoms with van der Waals surface area (Å²) in [5.41, 5.74) is 0.665. The summed E-state index contributed by atoms with van der Waals surface area (Å²) >= 11 is 0. The third-order valence-corrected chi connectivity index (χ3v) is 3.74. The summed E-state index contributed by atoms with van der Waals surface area (Å²) in [6.45, 7) is 5.68. The van der Waals surface area contributed by atoms with Crippen LogP contribution < -0.4 is 10.1 Å². The molecule has 1 saturated heterocycles. The minimum absolute atomic E-state index is 0.0281. The molecule has 1 aliphatic heterocycles. The Labute approximate surface area is 131 Å². The summed E-state index contributed by atoms with van der Waals surface area (Å²) in [6.07, 6.45) is 0. The van der Waals surface area contributed by atoms with Crippen LogP contribution in [0.3, 0.4) is 0 Å². The number of piperazine rings is 1. The van der Waals surface area contributed by atoms with Crippen molar-refractivity contribution >= 4 is 11.8 Å². The molecule has 0 radical (unpaired) electrons. The maximum absolute atomic E-state index is 12.4. The number of nitrogens with one attached hydrogen (secondary N) is 1. The predicted molar refractivity (Wildman–Crippen MR) is 84.0 cm³/mol. The Balaban J connectivity index is 1.85. The van der Waals surface area contributed by atoms with Gasteiger partial charge in [-0.2, -0.15) is 0 Å². The second-order valence-electron chi connectivity index (χ2n) is 5.25. The van der Waals surface area contributed by atoms with Gasteiger partial charge in [0.25, 0.3) is 5.91 Å². The van der Waals surface area contributed by atoms with Gasteiger partial charge in [-0.3, -0.25) is 14.5 Å². The van der Waals surface area contributed by atoms with Crippen LogP contribution in [0.15, 0.2) is 24.3 Å². The zero-order valence-corrected chi connectivity index (χ0v) is 13.2. The van der Waals surface area contributed by atoms with E-state index < -0.39 is 0 Å². The molecular formula is C16H23N3O3. The number of rotatable bonds is 5. The third-order valence-electron chi connectivity index (χ3n) is 3.74. The van der Waals surface area contributed by atoms with Gasteiger partial charge in [0.15, 0.2) is 0 Å². The average molecular weight is 305 g/mol. The number of hydrogen-bond acceptors (Lipinski definition) is 4. The van der Waals surface area contributed by atoms with Crippen LogP contribution in [-0.2, 0) is 4.79 Å². The molecule has 1 heterocycles. The Morgan fingerprint density at radius 2 is 1.77 bits per heavy atom. The molecule has 0 aliphatic carbocycles. The number of nitrogens with zero attached hydrogens (tertiary/aromatic N) is 2. The van der Waals surface area contributed by atoms with Crippen molar-refractivity contribution in [3.05, 3.63) is 29.8 Å². The standard InChI is InChI=1S/C16H23N3O3/c1-3-17-15(20)12-18-8-10-19(11-9-18)16(21)13-4-6-14(22-2)7-5-13/h4-7H,3,8-12H2,1-2H3,(H,17,20). The van der Waals surface area contributed by atoms with Crippen molar-refractivity contribution in [2.24, 2.45) is 0 Å². The minimum Gasteiger partial charge on any atom is -0.497 e. The number of amides is 2. The molecule has 0 spiro atoms. The minimum atomic E-state index is 0.0281. The Hall–Kier alpha value is -2.08. The van der Waals surface area contributed by atoms with Crippen molar-refractivity contribution in [2.75, 3.05) is 46.4 Å². The summed E-state index contributed by atoms with van der Waals surface area (Å²) < 4.78 is 5.10. The molecular weight excluding hydrogens is 282 g/mol. The first-order valence-electron chi connectivity index (χ1n) is 7.56. The van der Waals surface area contributed by atoms with E-state index in [0.29, 0.717) is 31.7 Å². The molecule has 2 amide bonds. The first-order valence-corrected chi connectivity index (χ1v) is 7.56. The Kier molecular flexibility index (Phi) is 5.77. The molecule has 6 nitrogen and oxygen atoms in total. The van der Waals surface area contributed by atoms with Crippen LogP contribution in [0.2, 0.25) is 0 Å². The van der Waals surface area contributed by atoms with Crippen molar-refractivity contribution in [2.45, 2.75) is 6.92 Å². The van der Waals surface area contributed by atoms with E-state index in [2.05, 4.69) is 10.2 Å². The van der Waals surface area contributed by atoms with Gasteiger partial charge in [-0.1, -0.05) is 0 Å². The zero-order valence-electron chi connectivity index (χ0n) is 13.2. The van der Waals surface area contributed by atoms with Crippen LogP contribution in [0.1, 0.15) is 17.3 Å². The molecule has 0 unspecified atom stereocenters. The summed E-state index contributed by atoms with van der Waals surface area (Å²) in [4.78, 5) is 27.9. The highest BCUT2D eigenvalue weighted by Crippen LogP contribution is 2.14. The fraction of sp³-hybridized carbons (Fsp3) is 0.500. The molecule has 0 bridgehead atoms. The van der Waals surface area contributed by atoms with E-state index in [1.165, 1.54) is 0 Å². The Morgan fingerprint density at radius 1 is 1.14 bits per heavy atom. The molecule has 6 heteroatoms. The zero-order chi connectivity index (χ0) is 15.9. The summed E-state index contributed by atoms with van der Waals surface area (Å²) in [5.74, 6) is 0.807. The van der Waals surface area contributed by atoms with Crippen molar-refractivity contribution in [1.82, 2.24) is 15.1 Å². The smallest absolute Gasteiger partial charge is 0.253 e. The topological polar surface area (TPSA) is 61.9 Å². The van der Waals surface area contributed by atoms with E-state index in [0.717, 1.165) is 18.8 Å². The number of benzene rings is 1. The number of ether oxygens (including phenoxy) is 1. The lowest BCUT2D eigenvalue weighted by molar-refractivity contribution is -0.122. The fourth-order valence-corrected chi connectivity index (χ4v) is 2.48. The van der Waals surface area contributed by atoms with Crippen LogP contribution >= 0.6 is 0 Å². The van der Waals surface area contributed by atoms with E-state index >= 15 is 0 Å². The average Bonchev–Trinajstić information content (AvgIpc) is 2.55. The van der Waals surface area contributed by atoms with Gasteiger partial charge < -0.3 is 15.0 Å². The molecule has 1 aliphatic rings. The number of carbonyl (C=O) groups excluding carboxylic acids is 2. The van der Waals surface area contributed by atoms with Crippen LogP contribution in [0, 0.1) is 0 Å². The lowest BCUT2D eigenvalue weighted by Crippen LogP contribution is -2.51. The summed E-state index contributed by atoms with van der Waals surface area (Å²) in [7, 11) is 1.60. The highest BCUT2D eigenvalue weighted by molar-refractivity contribution is 5.94. The van der Waals surface area contributed by atoms with Crippen LogP contribution in [0.5, 0.6) is 5.75 Å². The first-order chi connectivity index (χ1) is 10.6. The van der Waals surface area contributed by atoms with Crippen LogP contribution in [0.4, 0.5) is 0 Å². The normalized spacial score (nSPS) is 15.5. The first kappa shape index (κ1) is 16.3. The monoisotopic (exact) mass is 305 g/mol. The number of likely N-dealkylation sites (N-methyl/N-ethyl adjacent to an activating group) is 1. The van der Waals surface area contributed by atoms with Gasteiger partial charge >= 0.3 is 0 Å². The number of carbonyl (C=O) groups is 2. The van der Waals surface area contributed by atoms with E-state index in [4.69, 9.17) is 4.74 Å². The second kappa shape index (κ2) is 7.79. The lowest BCUT2D eigenvalue weighted by Gasteiger charge is -2.34. The van der Waals surface area contributed by atoms with E-state index in [-0.39, 0.29) is 11.8 Å². The summed E-state index contributed by atoms with van der Waals surface area (Å²) in [5, 5.41) is 2.79. The largest absolute Gasteiger partial charge is 0.497 e. The van der Waals surface area contributed by atoms with Crippen molar-refractivity contribution < 1.29 is 14.3 Å². The second-order valence-corrected chi connectivity index (χ2v) is 5.25. The molecule has 22 heavy (non-hydrogen) atoms. The molecule has 120 valence electrons. The van der Waals surface area contributed by atoms with Gasteiger partial charge in [-0.25, -0.2) is 0 Å². The van der Waals surface area contributed by atoms with Gasteiger partial charge in [0.05, 0.1) is 13.7 Å². The predicted octanol–water partition coefficient (Wildman–Crippen LogP) is 0.589. The Bertz CT molecular complexity index is 508. The SMILES string of the molecule is CCNC(=O)CN1CCN(C(=O)c2ccc(OC)cc2)CC1. The van der Waals surface area contributed by atoms with Gasteiger partial charge in [0.2, 0.25) is 5.91 Å². The van der Waals surface area contributed by atoms with Crippen LogP contribution in [-0.4, -0.2) is 68.0 Å². The van der Waals surface area contributed by atoms with Gasteiger partial charge in [0.1, 0.15) is 5.75 Å². The maximum Gasteiger partial charge on any atom is 0.253 e. The van der Waals surface area contributed by atoms with E-state index in [9.17, 15) is 9.59 Å². The molecule has 2 rings (SSSR count). The quantitative estimate of drug-likeness (QED) is 0.865. The van der Waals surface area contributed by atoms with Gasteiger partial charge in [-0.15, -0.1) is 0 Å². The van der Waals surface area contributed by atoms with E-state index in [1.807, 2.05) is 11.8 Å². The van der Waals surface area contributed by atoms with Gasteiger partial charge in [-0.05, 0) is 31.2 Å². The van der Waals surface area contributed by atoms with Crippen molar-refractivity contribution in [1.29, 1.82) is 0 Å². The molecule has 0 atom stereocenters. The highest BCUT2D eigenvalue weighted by atomic mass is 16.5. The van der Waals surface area contributed by atoms with Crippen molar-refractivity contribution in [3.8, 4) is 5.75 Å². The molecule has 1 N–H and O–H groups in total. The molecule has 1 aromatic carbocycles. The molecule has 1 aromatic rings. The molecule has 0 aromatic heterocycles. The Morgan fingerprint density at radius 3 is 2.32 bits per heavy atom. The highest BCUT2D eigenvalue weighted by Gasteiger charge is 2.23. The fourth-order valence-electron chi connectivity index (χ4n) is 2.48. The van der Waals surface area contributed by atoms with Gasteiger partial charge in [0, 0.05) is 38.3 Å². The lowest BCUT2D eigenvalue weighted by atomic mass is 10.1. The summed E-state index contributed by atoms with van der Waals surface area (Å²) in [6, 6.07) is 7.14. The third kappa shape index (κ3) is 4.21. The number of hydrogen-bond donors (Lipinski definition) is 1.